The van der Waals surface area contributed by atoms with E-state index in [1.54, 1.807) is 18.5 Å². The number of hydrogen-bond donors (Lipinski definition) is 2. The number of thioether (sulfide) groups is 1. The molecular weight excluding hydrogens is 429 g/mol. The number of nitrogens with one attached hydrogen (secondary N) is 1. The highest BCUT2D eigenvalue weighted by Gasteiger charge is 2.18. The molecule has 3 rings (SSSR count). The fourth-order valence-corrected chi connectivity index (χ4v) is 3.88. The maximum absolute atomic E-state index is 13.1. The van der Waals surface area contributed by atoms with Crippen LogP contribution in [0.25, 0.3) is 5.69 Å². The summed E-state index contributed by atoms with van der Waals surface area (Å²) < 4.78 is 14.9. The molecule has 0 saturated heterocycles. The number of rotatable bonds is 10. The number of nitrogens with zero attached hydrogens (tertiary/aromatic N) is 3. The Bertz CT molecular complexity index is 1050. The van der Waals surface area contributed by atoms with Crippen molar-refractivity contribution in [2.75, 3.05) is 12.3 Å². The number of aromatic nitrogens is 3. The topological polar surface area (TPSA) is 103 Å². The highest BCUT2D eigenvalue weighted by atomic mass is 32.2. The second-order valence-electron chi connectivity index (χ2n) is 7.75. The Kier molecular flexibility index (Phi) is 7.99. The molecule has 0 radical (unpaired) electrons. The van der Waals surface area contributed by atoms with Crippen LogP contribution in [-0.2, 0) is 16.0 Å². The van der Waals surface area contributed by atoms with E-state index in [-0.39, 0.29) is 24.0 Å². The summed E-state index contributed by atoms with van der Waals surface area (Å²) >= 11 is 1.25. The van der Waals surface area contributed by atoms with Crippen LogP contribution in [0.4, 0.5) is 4.39 Å². The SMILES string of the molecule is CC(C)c1ccc(-n2cnnc2SCC(=O)NCC(Cc2ccc(F)cc2)C(N)=O)cc1. The molecule has 0 aliphatic heterocycles. The maximum Gasteiger partial charge on any atom is 0.230 e. The molecule has 2 amide bonds. The first-order valence-electron chi connectivity index (χ1n) is 10.3. The van der Waals surface area contributed by atoms with Gasteiger partial charge in [-0.15, -0.1) is 10.2 Å². The molecule has 0 bridgehead atoms. The molecule has 1 aromatic heterocycles. The molecule has 0 fully saturated rings. The van der Waals surface area contributed by atoms with E-state index in [1.807, 2.05) is 16.7 Å². The normalized spacial score (nSPS) is 12.0. The number of halogens is 1. The van der Waals surface area contributed by atoms with Gasteiger partial charge < -0.3 is 11.1 Å². The lowest BCUT2D eigenvalue weighted by Crippen LogP contribution is -2.38. The molecular formula is C23H26FN5O2S. The number of amides is 2. The maximum atomic E-state index is 13.1. The molecule has 7 nitrogen and oxygen atoms in total. The van der Waals surface area contributed by atoms with Crippen LogP contribution in [0.15, 0.2) is 60.0 Å². The predicted octanol–water partition coefficient (Wildman–Crippen LogP) is 3.08. The van der Waals surface area contributed by atoms with Crippen molar-refractivity contribution in [1.29, 1.82) is 0 Å². The molecule has 3 N–H and O–H groups in total. The van der Waals surface area contributed by atoms with E-state index in [0.717, 1.165) is 11.3 Å². The number of benzene rings is 2. The monoisotopic (exact) mass is 455 g/mol. The van der Waals surface area contributed by atoms with Gasteiger partial charge in [-0.05, 0) is 47.7 Å². The zero-order chi connectivity index (χ0) is 23.1. The van der Waals surface area contributed by atoms with Crippen molar-refractivity contribution >= 4 is 23.6 Å². The van der Waals surface area contributed by atoms with Crippen molar-refractivity contribution in [3.8, 4) is 5.69 Å². The van der Waals surface area contributed by atoms with Gasteiger partial charge in [-0.2, -0.15) is 0 Å². The van der Waals surface area contributed by atoms with Crippen molar-refractivity contribution < 1.29 is 14.0 Å². The smallest absolute Gasteiger partial charge is 0.230 e. The molecule has 0 saturated carbocycles. The number of hydrogen-bond acceptors (Lipinski definition) is 5. The fraction of sp³-hybridized carbons (Fsp3) is 0.304. The summed E-state index contributed by atoms with van der Waals surface area (Å²) in [7, 11) is 0. The third-order valence-corrected chi connectivity index (χ3v) is 5.97. The van der Waals surface area contributed by atoms with Crippen molar-refractivity contribution in [2.45, 2.75) is 31.3 Å². The number of carbonyl (C=O) groups excluding carboxylic acids is 2. The molecule has 3 aromatic rings. The molecule has 1 unspecified atom stereocenters. The lowest BCUT2D eigenvalue weighted by atomic mass is 9.98. The van der Waals surface area contributed by atoms with Crippen molar-refractivity contribution in [2.24, 2.45) is 11.7 Å². The lowest BCUT2D eigenvalue weighted by Gasteiger charge is -2.14. The van der Waals surface area contributed by atoms with Gasteiger partial charge in [0.15, 0.2) is 5.16 Å². The molecule has 0 aliphatic carbocycles. The van der Waals surface area contributed by atoms with E-state index in [1.165, 1.54) is 29.5 Å². The Hall–Kier alpha value is -3.20. The number of nitrogens with two attached hydrogens (primary N) is 1. The lowest BCUT2D eigenvalue weighted by molar-refractivity contribution is -0.122. The Morgan fingerprint density at radius 1 is 1.12 bits per heavy atom. The van der Waals surface area contributed by atoms with Crippen molar-refractivity contribution in [3.05, 3.63) is 71.8 Å². The van der Waals surface area contributed by atoms with Gasteiger partial charge in [0.25, 0.3) is 0 Å². The number of primary amides is 1. The van der Waals surface area contributed by atoms with Crippen LogP contribution >= 0.6 is 11.8 Å². The van der Waals surface area contributed by atoms with E-state index in [4.69, 9.17) is 5.73 Å². The Balaban J connectivity index is 1.54. The van der Waals surface area contributed by atoms with Gasteiger partial charge in [-0.1, -0.05) is 49.9 Å². The first kappa shape index (κ1) is 23.5. The second kappa shape index (κ2) is 10.9. The van der Waals surface area contributed by atoms with Crippen molar-refractivity contribution in [3.63, 3.8) is 0 Å². The van der Waals surface area contributed by atoms with Gasteiger partial charge in [0.1, 0.15) is 12.1 Å². The van der Waals surface area contributed by atoms with E-state index in [2.05, 4.69) is 41.5 Å². The van der Waals surface area contributed by atoms with Crippen LogP contribution in [0, 0.1) is 11.7 Å². The third-order valence-electron chi connectivity index (χ3n) is 5.03. The fourth-order valence-electron chi connectivity index (χ4n) is 3.12. The van der Waals surface area contributed by atoms with E-state index >= 15 is 0 Å². The van der Waals surface area contributed by atoms with Crippen LogP contribution in [0.5, 0.6) is 0 Å². The number of carbonyl (C=O) groups is 2. The van der Waals surface area contributed by atoms with Crippen LogP contribution in [0.1, 0.15) is 30.9 Å². The molecule has 1 atom stereocenters. The Morgan fingerprint density at radius 2 is 1.81 bits per heavy atom. The van der Waals surface area contributed by atoms with Gasteiger partial charge in [0.05, 0.1) is 11.7 Å². The van der Waals surface area contributed by atoms with Gasteiger partial charge in [0.2, 0.25) is 11.8 Å². The third kappa shape index (κ3) is 6.40. The van der Waals surface area contributed by atoms with Crippen LogP contribution < -0.4 is 11.1 Å². The zero-order valence-corrected chi connectivity index (χ0v) is 18.8. The minimum Gasteiger partial charge on any atom is -0.369 e. The van der Waals surface area contributed by atoms with Gasteiger partial charge in [0, 0.05) is 12.2 Å². The molecule has 168 valence electrons. The summed E-state index contributed by atoms with van der Waals surface area (Å²) in [5, 5.41) is 11.4. The molecule has 0 aliphatic rings. The molecule has 2 aromatic carbocycles. The van der Waals surface area contributed by atoms with Crippen LogP contribution in [0.3, 0.4) is 0 Å². The highest BCUT2D eigenvalue weighted by Crippen LogP contribution is 2.21. The largest absolute Gasteiger partial charge is 0.369 e. The standard InChI is InChI=1S/C23H26FN5O2S/c1-15(2)17-5-9-20(10-6-17)29-14-27-28-23(29)32-13-21(30)26-12-18(22(25)31)11-16-3-7-19(24)8-4-16/h3-10,14-15,18H,11-13H2,1-2H3,(H2,25,31)(H,26,30). The molecule has 0 spiro atoms. The zero-order valence-electron chi connectivity index (χ0n) is 18.0. The minimum atomic E-state index is -0.586. The summed E-state index contributed by atoms with van der Waals surface area (Å²) in [5.74, 6) is -1.15. The molecule has 32 heavy (non-hydrogen) atoms. The summed E-state index contributed by atoms with van der Waals surface area (Å²) in [6, 6.07) is 14.0. The van der Waals surface area contributed by atoms with Crippen LogP contribution in [-0.4, -0.2) is 38.9 Å². The Labute approximate surface area is 190 Å². The minimum absolute atomic E-state index is 0.107. The van der Waals surface area contributed by atoms with Gasteiger partial charge >= 0.3 is 0 Å². The first-order chi connectivity index (χ1) is 15.3. The summed E-state index contributed by atoms with van der Waals surface area (Å²) in [6.07, 6.45) is 1.93. The average Bonchev–Trinajstić information content (AvgIpc) is 3.25. The quantitative estimate of drug-likeness (QED) is 0.458. The van der Waals surface area contributed by atoms with Crippen LogP contribution in [0.2, 0.25) is 0 Å². The van der Waals surface area contributed by atoms with Gasteiger partial charge in [-0.25, -0.2) is 4.39 Å². The van der Waals surface area contributed by atoms with E-state index in [0.29, 0.717) is 17.5 Å². The van der Waals surface area contributed by atoms with Crippen molar-refractivity contribution in [1.82, 2.24) is 20.1 Å². The summed E-state index contributed by atoms with van der Waals surface area (Å²) in [4.78, 5) is 24.1. The van der Waals surface area contributed by atoms with E-state index < -0.39 is 11.8 Å². The summed E-state index contributed by atoms with van der Waals surface area (Å²) in [6.45, 7) is 4.38. The predicted molar refractivity (Wildman–Crippen MR) is 122 cm³/mol. The average molecular weight is 456 g/mol. The first-order valence-corrected chi connectivity index (χ1v) is 11.3. The molecule has 9 heteroatoms. The van der Waals surface area contributed by atoms with E-state index in [9.17, 15) is 14.0 Å². The Morgan fingerprint density at radius 3 is 2.44 bits per heavy atom. The second-order valence-corrected chi connectivity index (χ2v) is 8.69. The summed E-state index contributed by atoms with van der Waals surface area (Å²) in [5.41, 5.74) is 8.40. The highest BCUT2D eigenvalue weighted by molar-refractivity contribution is 7.99. The molecule has 1 heterocycles. The van der Waals surface area contributed by atoms with Gasteiger partial charge in [-0.3, -0.25) is 14.2 Å².